The van der Waals surface area contributed by atoms with Gasteiger partial charge in [0.25, 0.3) is 10.1 Å². The van der Waals surface area contributed by atoms with Crippen LogP contribution >= 0.6 is 11.6 Å². The first-order chi connectivity index (χ1) is 13.0. The minimum atomic E-state index is -4.00. The Morgan fingerprint density at radius 1 is 1.32 bits per heavy atom. The Hall–Kier alpha value is -2.22. The molecule has 0 radical (unpaired) electrons. The van der Waals surface area contributed by atoms with Crippen molar-refractivity contribution in [1.29, 1.82) is 0 Å². The van der Waals surface area contributed by atoms with Gasteiger partial charge < -0.3 is 24.5 Å². The number of rotatable bonds is 7. The maximum absolute atomic E-state index is 11.6. The Labute approximate surface area is 164 Å². The molecule has 1 aliphatic heterocycles. The van der Waals surface area contributed by atoms with Crippen LogP contribution in [0.4, 0.5) is 5.82 Å². The molecule has 1 fully saturated rings. The third-order valence-electron chi connectivity index (χ3n) is 3.39. The van der Waals surface area contributed by atoms with Crippen LogP contribution in [-0.2, 0) is 38.1 Å². The number of H-pyrrole nitrogens is 1. The average Bonchev–Trinajstić information content (AvgIpc) is 2.84. The van der Waals surface area contributed by atoms with E-state index in [4.69, 9.17) is 30.0 Å². The Bertz CT molecular complexity index is 904. The monoisotopic (exact) mass is 439 g/mol. The molecule has 2 heterocycles. The number of carbonyl (C=O) groups excluding carboxylic acids is 2. The number of halogens is 1. The van der Waals surface area contributed by atoms with Crippen LogP contribution < -0.4 is 11.0 Å². The van der Waals surface area contributed by atoms with Crippen LogP contribution in [0.25, 0.3) is 0 Å². The lowest BCUT2D eigenvalue weighted by Gasteiger charge is -2.23. The number of hydrogen-bond donors (Lipinski definition) is 2. The third-order valence-corrected chi connectivity index (χ3v) is 4.25. The van der Waals surface area contributed by atoms with E-state index >= 15 is 0 Å². The molecule has 14 heteroatoms. The first kappa shape index (κ1) is 22.1. The molecule has 2 N–H and O–H groups in total. The molecule has 0 unspecified atom stereocenters. The summed E-state index contributed by atoms with van der Waals surface area (Å²) >= 11 is 5.96. The molecule has 0 bridgehead atoms. The number of aromatic nitrogens is 2. The summed E-state index contributed by atoms with van der Waals surface area (Å²) in [6, 6.07) is 0. The predicted octanol–water partition coefficient (Wildman–Crippen LogP) is -0.600. The van der Waals surface area contributed by atoms with Gasteiger partial charge >= 0.3 is 17.6 Å². The number of aromatic amines is 1. The molecule has 2 rings (SSSR count). The maximum Gasteiger partial charge on any atom is 0.346 e. The van der Waals surface area contributed by atoms with Crippen molar-refractivity contribution in [3.05, 3.63) is 21.7 Å². The number of carbonyl (C=O) groups is 2. The largest absolute Gasteiger partial charge is 0.463 e. The third kappa shape index (κ3) is 6.15. The molecule has 1 aliphatic rings. The van der Waals surface area contributed by atoms with Gasteiger partial charge in [-0.05, 0) is 0 Å². The van der Waals surface area contributed by atoms with Crippen LogP contribution in [0.3, 0.4) is 0 Å². The number of nitrogens with one attached hydrogen (secondary N) is 2. The molecule has 1 saturated heterocycles. The fourth-order valence-electron chi connectivity index (χ4n) is 2.43. The quantitative estimate of drug-likeness (QED) is 0.411. The second kappa shape index (κ2) is 8.86. The molecule has 0 aromatic carbocycles. The Morgan fingerprint density at radius 2 is 2.00 bits per heavy atom. The summed E-state index contributed by atoms with van der Waals surface area (Å²) in [7, 11) is -4.00. The zero-order valence-electron chi connectivity index (χ0n) is 15.0. The summed E-state index contributed by atoms with van der Waals surface area (Å²) in [5, 5.41) is 2.68. The average molecular weight is 440 g/mol. The first-order valence-electron chi connectivity index (χ1n) is 7.82. The molecule has 1 aromatic rings. The number of anilines is 1. The highest BCUT2D eigenvalue weighted by molar-refractivity contribution is 7.86. The fourth-order valence-corrected chi connectivity index (χ4v) is 3.22. The Balaban J connectivity index is 2.35. The van der Waals surface area contributed by atoms with E-state index < -0.39 is 52.3 Å². The van der Waals surface area contributed by atoms with Crippen LogP contribution in [-0.4, -0.2) is 67.7 Å². The lowest BCUT2D eigenvalue weighted by Crippen LogP contribution is -2.43. The second-order valence-electron chi connectivity index (χ2n) is 5.78. The van der Waals surface area contributed by atoms with E-state index in [-0.39, 0.29) is 17.4 Å². The summed E-state index contributed by atoms with van der Waals surface area (Å²) in [5.41, 5.74) is -0.714. The molecular formula is C14H18ClN3O9S. The van der Waals surface area contributed by atoms with Gasteiger partial charge in [0.1, 0.15) is 18.8 Å². The van der Waals surface area contributed by atoms with Gasteiger partial charge in [0.15, 0.2) is 18.1 Å². The van der Waals surface area contributed by atoms with E-state index in [1.54, 1.807) is 0 Å². The fraction of sp³-hybridized carbons (Fsp3) is 0.571. The molecule has 156 valence electrons. The Morgan fingerprint density at radius 3 is 2.57 bits per heavy atom. The predicted molar refractivity (Wildman–Crippen MR) is 94.1 cm³/mol. The lowest BCUT2D eigenvalue weighted by atomic mass is 10.1. The van der Waals surface area contributed by atoms with Crippen molar-refractivity contribution in [3.8, 4) is 0 Å². The summed E-state index contributed by atoms with van der Waals surface area (Å²) in [5.74, 6) is -1.49. The highest BCUT2D eigenvalue weighted by atomic mass is 35.5. The van der Waals surface area contributed by atoms with Gasteiger partial charge in [-0.3, -0.25) is 13.8 Å². The zero-order chi connectivity index (χ0) is 21.1. The van der Waals surface area contributed by atoms with Gasteiger partial charge in [-0.15, -0.1) is 0 Å². The number of esters is 2. The molecule has 0 saturated carbocycles. The van der Waals surface area contributed by atoms with E-state index in [9.17, 15) is 22.8 Å². The van der Waals surface area contributed by atoms with Crippen molar-refractivity contribution in [3.63, 3.8) is 0 Å². The van der Waals surface area contributed by atoms with Crippen molar-refractivity contribution in [1.82, 2.24) is 9.97 Å². The van der Waals surface area contributed by atoms with Crippen molar-refractivity contribution in [2.45, 2.75) is 38.4 Å². The van der Waals surface area contributed by atoms with Gasteiger partial charge in [0.2, 0.25) is 0 Å². The maximum atomic E-state index is 11.6. The molecule has 0 amide bonds. The minimum Gasteiger partial charge on any atom is -0.463 e. The number of nitrogens with zero attached hydrogens (tertiary/aromatic N) is 1. The summed E-state index contributed by atoms with van der Waals surface area (Å²) in [4.78, 5) is 39.9. The molecule has 0 aliphatic carbocycles. The van der Waals surface area contributed by atoms with E-state index in [0.717, 1.165) is 20.1 Å². The topological polar surface area (TPSA) is 163 Å². The highest BCUT2D eigenvalue weighted by Gasteiger charge is 2.50. The highest BCUT2D eigenvalue weighted by Crippen LogP contribution is 2.30. The molecular weight excluding hydrogens is 422 g/mol. The number of ether oxygens (including phenoxy) is 3. The molecule has 12 nitrogen and oxygen atoms in total. The van der Waals surface area contributed by atoms with Gasteiger partial charge in [0.05, 0.1) is 11.3 Å². The van der Waals surface area contributed by atoms with E-state index in [1.165, 1.54) is 6.20 Å². The van der Waals surface area contributed by atoms with Crippen molar-refractivity contribution in [2.75, 3.05) is 18.2 Å². The van der Waals surface area contributed by atoms with Crippen molar-refractivity contribution >= 4 is 39.5 Å². The van der Waals surface area contributed by atoms with Crippen LogP contribution in [0.2, 0.25) is 5.02 Å². The smallest absolute Gasteiger partial charge is 0.346 e. The lowest BCUT2D eigenvalue weighted by molar-refractivity contribution is -0.151. The molecule has 28 heavy (non-hydrogen) atoms. The normalized spacial score (nSPS) is 24.6. The van der Waals surface area contributed by atoms with E-state index in [0.29, 0.717) is 0 Å². The molecule has 1 aromatic heterocycles. The van der Waals surface area contributed by atoms with Gasteiger partial charge in [0, 0.05) is 20.0 Å². The van der Waals surface area contributed by atoms with Gasteiger partial charge in [-0.25, -0.2) is 4.79 Å². The van der Waals surface area contributed by atoms with Crippen LogP contribution in [0.5, 0.6) is 0 Å². The SMILES string of the molecule is CC(=O)OC[C@H]1O[C@@H](Nc2nc(=O)[nH]cc2Cl)[C@H](OC(C)=O)[C@H]1OS(C)(=O)=O. The zero-order valence-corrected chi connectivity index (χ0v) is 16.6. The van der Waals surface area contributed by atoms with Gasteiger partial charge in [-0.2, -0.15) is 13.4 Å². The summed E-state index contributed by atoms with van der Waals surface area (Å²) < 4.78 is 43.9. The van der Waals surface area contributed by atoms with Gasteiger partial charge in [-0.1, -0.05) is 11.6 Å². The van der Waals surface area contributed by atoms with Crippen LogP contribution in [0.15, 0.2) is 11.0 Å². The van der Waals surface area contributed by atoms with Crippen molar-refractivity contribution < 1.29 is 36.4 Å². The molecule has 4 atom stereocenters. The first-order valence-corrected chi connectivity index (χ1v) is 10.0. The second-order valence-corrected chi connectivity index (χ2v) is 7.79. The minimum absolute atomic E-state index is 0.0220. The van der Waals surface area contributed by atoms with E-state index in [2.05, 4.69) is 15.3 Å². The van der Waals surface area contributed by atoms with Crippen LogP contribution in [0, 0.1) is 0 Å². The Kier molecular flexibility index (Phi) is 6.98. The molecule has 0 spiro atoms. The van der Waals surface area contributed by atoms with Crippen molar-refractivity contribution in [2.24, 2.45) is 0 Å². The summed E-state index contributed by atoms with van der Waals surface area (Å²) in [6.07, 6.45) is -2.96. The standard InChI is InChI=1S/C14H18ClN3O9S/c1-6(19)24-5-9-10(27-28(3,22)23)11(25-7(2)20)13(26-9)17-12-8(15)4-16-14(21)18-12/h4,9-11,13H,5H2,1-3H3,(H2,16,17,18,21)/t9-,10+,11-,13-/m1/s1. The van der Waals surface area contributed by atoms with Crippen LogP contribution in [0.1, 0.15) is 13.8 Å². The van der Waals surface area contributed by atoms with E-state index in [1.807, 2.05) is 0 Å². The number of hydrogen-bond acceptors (Lipinski definition) is 11. The summed E-state index contributed by atoms with van der Waals surface area (Å²) in [6.45, 7) is 1.88.